The summed E-state index contributed by atoms with van der Waals surface area (Å²) in [6, 6.07) is 9.33. The van der Waals surface area contributed by atoms with E-state index in [-0.39, 0.29) is 5.75 Å². The lowest BCUT2D eigenvalue weighted by molar-refractivity contribution is 0.262. The van der Waals surface area contributed by atoms with Gasteiger partial charge in [0.15, 0.2) is 0 Å². The van der Waals surface area contributed by atoms with Crippen molar-refractivity contribution in [3.63, 3.8) is 0 Å². The van der Waals surface area contributed by atoms with Crippen molar-refractivity contribution in [3.05, 3.63) is 47.0 Å². The first kappa shape index (κ1) is 15.0. The van der Waals surface area contributed by atoms with E-state index in [2.05, 4.69) is 10.6 Å². The molecule has 0 aliphatic heterocycles. The van der Waals surface area contributed by atoms with Gasteiger partial charge in [0.1, 0.15) is 11.5 Å². The molecule has 2 amide bonds. The Morgan fingerprint density at radius 3 is 2.57 bits per heavy atom. The maximum Gasteiger partial charge on any atom is 0.323 e. The van der Waals surface area contributed by atoms with Crippen molar-refractivity contribution >= 4 is 29.0 Å². The summed E-state index contributed by atoms with van der Waals surface area (Å²) < 4.78 is 5.14. The molecule has 0 bridgehead atoms. The standard InChI is InChI=1S/C15H15ClN2O3/c1-9-3-5-13(19)11(7-9)17-15(20)18-12-8-10(16)4-6-14(12)21-2/h3-8,19H,1-2H3,(H2,17,18,20). The molecule has 0 radical (unpaired) electrons. The zero-order chi connectivity index (χ0) is 15.4. The Hall–Kier alpha value is -2.40. The molecular formula is C15H15ClN2O3. The van der Waals surface area contributed by atoms with E-state index in [1.807, 2.05) is 6.92 Å². The Balaban J connectivity index is 2.15. The van der Waals surface area contributed by atoms with Crippen molar-refractivity contribution in [1.29, 1.82) is 0 Å². The number of aromatic hydroxyl groups is 1. The number of anilines is 2. The van der Waals surface area contributed by atoms with Crippen molar-refractivity contribution in [1.82, 2.24) is 0 Å². The van der Waals surface area contributed by atoms with Crippen LogP contribution >= 0.6 is 11.6 Å². The van der Waals surface area contributed by atoms with Crippen molar-refractivity contribution in [2.45, 2.75) is 6.92 Å². The third-order valence-electron chi connectivity index (χ3n) is 2.81. The van der Waals surface area contributed by atoms with E-state index in [4.69, 9.17) is 16.3 Å². The first-order valence-corrected chi connectivity index (χ1v) is 6.58. The molecule has 21 heavy (non-hydrogen) atoms. The molecule has 2 aromatic rings. The van der Waals surface area contributed by atoms with Crippen molar-refractivity contribution in [2.24, 2.45) is 0 Å². The first-order chi connectivity index (χ1) is 9.99. The molecule has 0 fully saturated rings. The van der Waals surface area contributed by atoms with E-state index >= 15 is 0 Å². The number of carbonyl (C=O) groups is 1. The number of hydrogen-bond acceptors (Lipinski definition) is 3. The van der Waals surface area contributed by atoms with Crippen LogP contribution in [0.15, 0.2) is 36.4 Å². The van der Waals surface area contributed by atoms with Gasteiger partial charge in [0.2, 0.25) is 0 Å². The number of phenolic OH excluding ortho intramolecular Hbond substituents is 1. The average Bonchev–Trinajstić information content (AvgIpc) is 2.43. The van der Waals surface area contributed by atoms with Gasteiger partial charge in [0.05, 0.1) is 18.5 Å². The number of methoxy groups -OCH3 is 1. The van der Waals surface area contributed by atoms with Gasteiger partial charge in [0.25, 0.3) is 0 Å². The van der Waals surface area contributed by atoms with E-state index in [1.165, 1.54) is 13.2 Å². The highest BCUT2D eigenvalue weighted by Crippen LogP contribution is 2.28. The molecule has 5 nitrogen and oxygen atoms in total. The summed E-state index contributed by atoms with van der Waals surface area (Å²) in [5, 5.41) is 15.4. The normalized spacial score (nSPS) is 10.0. The van der Waals surface area contributed by atoms with E-state index in [0.29, 0.717) is 22.1 Å². The molecule has 6 heteroatoms. The molecule has 0 unspecified atom stereocenters. The van der Waals surface area contributed by atoms with Crippen LogP contribution in [0.4, 0.5) is 16.2 Å². The Labute approximate surface area is 127 Å². The van der Waals surface area contributed by atoms with Crippen LogP contribution in [0.3, 0.4) is 0 Å². The minimum Gasteiger partial charge on any atom is -0.506 e. The molecule has 110 valence electrons. The lowest BCUT2D eigenvalue weighted by atomic mass is 10.2. The van der Waals surface area contributed by atoms with Crippen LogP contribution in [0.1, 0.15) is 5.56 Å². The van der Waals surface area contributed by atoms with Crippen LogP contribution in [0.5, 0.6) is 11.5 Å². The van der Waals surface area contributed by atoms with Crippen LogP contribution in [-0.2, 0) is 0 Å². The number of hydrogen-bond donors (Lipinski definition) is 3. The summed E-state index contributed by atoms with van der Waals surface area (Å²) in [4.78, 5) is 12.0. The highest BCUT2D eigenvalue weighted by atomic mass is 35.5. The van der Waals surface area contributed by atoms with Gasteiger partial charge in [-0.05, 0) is 42.8 Å². The summed E-state index contributed by atoms with van der Waals surface area (Å²) in [5.41, 5.74) is 1.69. The number of carbonyl (C=O) groups excluding carboxylic acids is 1. The molecule has 0 atom stereocenters. The number of aryl methyl sites for hydroxylation is 1. The van der Waals surface area contributed by atoms with E-state index < -0.39 is 6.03 Å². The zero-order valence-electron chi connectivity index (χ0n) is 11.6. The molecule has 0 spiro atoms. The summed E-state index contributed by atoms with van der Waals surface area (Å²) in [7, 11) is 1.50. The molecule has 0 aromatic heterocycles. The van der Waals surface area contributed by atoms with E-state index in [0.717, 1.165) is 5.56 Å². The van der Waals surface area contributed by atoms with Crippen LogP contribution in [-0.4, -0.2) is 18.2 Å². The number of urea groups is 1. The van der Waals surface area contributed by atoms with Crippen LogP contribution in [0.25, 0.3) is 0 Å². The molecule has 3 N–H and O–H groups in total. The van der Waals surface area contributed by atoms with Gasteiger partial charge in [-0.25, -0.2) is 4.79 Å². The van der Waals surface area contributed by atoms with Gasteiger partial charge in [-0.15, -0.1) is 0 Å². The van der Waals surface area contributed by atoms with E-state index in [1.54, 1.807) is 30.3 Å². The third-order valence-corrected chi connectivity index (χ3v) is 3.05. The molecule has 2 rings (SSSR count). The highest BCUT2D eigenvalue weighted by molar-refractivity contribution is 6.31. The predicted molar refractivity (Wildman–Crippen MR) is 83.5 cm³/mol. The molecule has 0 saturated heterocycles. The topological polar surface area (TPSA) is 70.6 Å². The predicted octanol–water partition coefficient (Wildman–Crippen LogP) is 4.01. The summed E-state index contributed by atoms with van der Waals surface area (Å²) >= 11 is 5.90. The van der Waals surface area contributed by atoms with Gasteiger partial charge < -0.3 is 20.5 Å². The summed E-state index contributed by atoms with van der Waals surface area (Å²) in [6.07, 6.45) is 0. The second-order valence-electron chi connectivity index (χ2n) is 4.44. The smallest absolute Gasteiger partial charge is 0.323 e. The number of ether oxygens (including phenoxy) is 1. The number of nitrogens with one attached hydrogen (secondary N) is 2. The van der Waals surface area contributed by atoms with Crippen LogP contribution < -0.4 is 15.4 Å². The largest absolute Gasteiger partial charge is 0.506 e. The first-order valence-electron chi connectivity index (χ1n) is 6.21. The lowest BCUT2D eigenvalue weighted by Gasteiger charge is -2.12. The molecule has 0 aliphatic rings. The Bertz CT molecular complexity index is 674. The minimum absolute atomic E-state index is 0.00573. The SMILES string of the molecule is COc1ccc(Cl)cc1NC(=O)Nc1cc(C)ccc1O. The van der Waals surface area contributed by atoms with Gasteiger partial charge in [-0.1, -0.05) is 17.7 Å². The molecule has 0 aliphatic carbocycles. The molecule has 0 heterocycles. The van der Waals surface area contributed by atoms with Gasteiger partial charge in [-0.3, -0.25) is 0 Å². The van der Waals surface area contributed by atoms with Crippen molar-refractivity contribution in [3.8, 4) is 11.5 Å². The number of rotatable bonds is 3. The Morgan fingerprint density at radius 2 is 1.86 bits per heavy atom. The Kier molecular flexibility index (Phi) is 4.55. The van der Waals surface area contributed by atoms with Crippen molar-refractivity contribution < 1.29 is 14.6 Å². The Morgan fingerprint density at radius 1 is 1.14 bits per heavy atom. The minimum atomic E-state index is -0.503. The lowest BCUT2D eigenvalue weighted by Crippen LogP contribution is -2.20. The highest BCUT2D eigenvalue weighted by Gasteiger charge is 2.10. The second kappa shape index (κ2) is 6.37. The fourth-order valence-electron chi connectivity index (χ4n) is 1.80. The van der Waals surface area contributed by atoms with Crippen molar-refractivity contribution in [2.75, 3.05) is 17.7 Å². The van der Waals surface area contributed by atoms with Gasteiger partial charge in [-0.2, -0.15) is 0 Å². The quantitative estimate of drug-likeness (QED) is 0.750. The third kappa shape index (κ3) is 3.79. The van der Waals surface area contributed by atoms with Gasteiger partial charge >= 0.3 is 6.03 Å². The fourth-order valence-corrected chi connectivity index (χ4v) is 1.98. The number of amides is 2. The fraction of sp³-hybridized carbons (Fsp3) is 0.133. The maximum atomic E-state index is 12.0. The average molecular weight is 307 g/mol. The monoisotopic (exact) mass is 306 g/mol. The molecule has 2 aromatic carbocycles. The number of benzene rings is 2. The van der Waals surface area contributed by atoms with Crippen LogP contribution in [0, 0.1) is 6.92 Å². The van der Waals surface area contributed by atoms with Gasteiger partial charge in [0, 0.05) is 5.02 Å². The second-order valence-corrected chi connectivity index (χ2v) is 4.88. The number of halogens is 1. The number of phenols is 1. The van der Waals surface area contributed by atoms with E-state index in [9.17, 15) is 9.90 Å². The van der Waals surface area contributed by atoms with Crippen LogP contribution in [0.2, 0.25) is 5.02 Å². The maximum absolute atomic E-state index is 12.0. The summed E-state index contributed by atoms with van der Waals surface area (Å²) in [6.45, 7) is 1.86. The summed E-state index contributed by atoms with van der Waals surface area (Å²) in [5.74, 6) is 0.483. The molecular weight excluding hydrogens is 292 g/mol. The molecule has 0 saturated carbocycles. The zero-order valence-corrected chi connectivity index (χ0v) is 12.4.